The summed E-state index contributed by atoms with van der Waals surface area (Å²) in [6, 6.07) is 12.7. The summed E-state index contributed by atoms with van der Waals surface area (Å²) in [6.07, 6.45) is 1.89. The minimum atomic E-state index is -4.48. The van der Waals surface area contributed by atoms with Gasteiger partial charge >= 0.3 is 0 Å². The Morgan fingerprint density at radius 1 is 0.830 bits per heavy atom. The second-order valence-corrected chi connectivity index (χ2v) is 13.1. The first-order valence-corrected chi connectivity index (χ1v) is 17.1. The summed E-state index contributed by atoms with van der Waals surface area (Å²) in [5.74, 6) is -0.0162. The molecule has 0 saturated carbocycles. The molecule has 14 heteroatoms. The number of carbonyl (C=O) groups excluding carboxylic acids is 2. The quantitative estimate of drug-likeness (QED) is 0.171. The number of amides is 2. The molecule has 0 fully saturated rings. The van der Waals surface area contributed by atoms with Gasteiger partial charge in [-0.2, -0.15) is 0 Å². The van der Waals surface area contributed by atoms with Crippen LogP contribution in [0.3, 0.4) is 0 Å². The maximum atomic E-state index is 14.5. The van der Waals surface area contributed by atoms with Crippen molar-refractivity contribution in [2.24, 2.45) is 0 Å². The Morgan fingerprint density at radius 3 is 2.11 bits per heavy atom. The number of halogens is 2. The normalized spacial score (nSPS) is 11.7. The number of hydrogen-bond donors (Lipinski definition) is 1. The van der Waals surface area contributed by atoms with Crippen LogP contribution in [-0.2, 0) is 26.2 Å². The molecule has 0 spiro atoms. The topological polar surface area (TPSA) is 124 Å². The molecule has 0 saturated heterocycles. The lowest BCUT2D eigenvalue weighted by molar-refractivity contribution is -0.140. The van der Waals surface area contributed by atoms with Gasteiger partial charge in [0.1, 0.15) is 24.1 Å². The second-order valence-electron chi connectivity index (χ2n) is 10.4. The van der Waals surface area contributed by atoms with Crippen LogP contribution in [-0.4, -0.2) is 72.7 Å². The van der Waals surface area contributed by atoms with Crippen LogP contribution in [0.5, 0.6) is 23.0 Å². The summed E-state index contributed by atoms with van der Waals surface area (Å²) in [5, 5.41) is 3.50. The Kier molecular flexibility index (Phi) is 13.9. The highest BCUT2D eigenvalue weighted by Gasteiger charge is 2.35. The molecule has 2 amide bonds. The van der Waals surface area contributed by atoms with Crippen molar-refractivity contribution in [3.05, 3.63) is 70.2 Å². The molecule has 3 aromatic carbocycles. The standard InChI is InChI=1S/C33H41Cl2N3O8S/c1-7-9-16-36-33(40)27(8-2)37(20-22-10-13-25(34)26(35)17-22)32(39)21-38(28-18-23(43-3)11-14-29(28)44-4)47(41,42)24-12-15-30(45-5)31(19-24)46-6/h10-15,17-19,27H,7-9,16,20-21H2,1-6H3,(H,36,40)/t27-/m0/s1. The Morgan fingerprint density at radius 2 is 1.51 bits per heavy atom. The zero-order valence-electron chi connectivity index (χ0n) is 27.3. The Hall–Kier alpha value is -3.87. The van der Waals surface area contributed by atoms with E-state index in [0.717, 1.165) is 17.1 Å². The largest absolute Gasteiger partial charge is 0.497 e. The molecule has 0 aromatic heterocycles. The third-order valence-electron chi connectivity index (χ3n) is 7.43. The molecule has 0 aliphatic heterocycles. The molecular formula is C33H41Cl2N3O8S. The second kappa shape index (κ2) is 17.3. The molecular weight excluding hydrogens is 669 g/mol. The SMILES string of the molecule is CCCCNC(=O)[C@H](CC)N(Cc1ccc(Cl)c(Cl)c1)C(=O)CN(c1cc(OC)ccc1OC)S(=O)(=O)c1ccc(OC)c(OC)c1. The van der Waals surface area contributed by atoms with Gasteiger partial charge < -0.3 is 29.2 Å². The van der Waals surface area contributed by atoms with Gasteiger partial charge in [0.15, 0.2) is 11.5 Å². The van der Waals surface area contributed by atoms with Gasteiger partial charge in [-0.1, -0.05) is 49.5 Å². The molecule has 11 nitrogen and oxygen atoms in total. The molecule has 1 atom stereocenters. The number of unbranched alkanes of at least 4 members (excludes halogenated alkanes) is 1. The van der Waals surface area contributed by atoms with E-state index in [0.29, 0.717) is 28.6 Å². The van der Waals surface area contributed by atoms with E-state index >= 15 is 0 Å². The predicted octanol–water partition coefficient (Wildman–Crippen LogP) is 5.95. The maximum Gasteiger partial charge on any atom is 0.265 e. The van der Waals surface area contributed by atoms with E-state index in [2.05, 4.69) is 5.32 Å². The van der Waals surface area contributed by atoms with E-state index in [9.17, 15) is 18.0 Å². The Balaban J connectivity index is 2.19. The van der Waals surface area contributed by atoms with Gasteiger partial charge in [0, 0.05) is 25.2 Å². The highest BCUT2D eigenvalue weighted by molar-refractivity contribution is 7.92. The van der Waals surface area contributed by atoms with E-state index in [4.69, 9.17) is 42.1 Å². The first-order valence-electron chi connectivity index (χ1n) is 14.9. The number of ether oxygens (including phenoxy) is 4. The molecule has 3 aromatic rings. The van der Waals surface area contributed by atoms with Crippen LogP contribution in [0.1, 0.15) is 38.7 Å². The third-order valence-corrected chi connectivity index (χ3v) is 9.92. The van der Waals surface area contributed by atoms with Gasteiger partial charge in [-0.15, -0.1) is 0 Å². The van der Waals surface area contributed by atoms with Crippen LogP contribution in [0, 0.1) is 0 Å². The Bertz CT molecular complexity index is 1650. The van der Waals surface area contributed by atoms with Crippen LogP contribution in [0.4, 0.5) is 5.69 Å². The molecule has 47 heavy (non-hydrogen) atoms. The van der Waals surface area contributed by atoms with Crippen LogP contribution in [0.25, 0.3) is 0 Å². The smallest absolute Gasteiger partial charge is 0.265 e. The van der Waals surface area contributed by atoms with Crippen LogP contribution < -0.4 is 28.6 Å². The van der Waals surface area contributed by atoms with Crippen molar-refractivity contribution < 1.29 is 37.0 Å². The average Bonchev–Trinajstić information content (AvgIpc) is 3.07. The predicted molar refractivity (Wildman–Crippen MR) is 183 cm³/mol. The fourth-order valence-electron chi connectivity index (χ4n) is 4.87. The van der Waals surface area contributed by atoms with Crippen LogP contribution in [0.15, 0.2) is 59.5 Å². The number of benzene rings is 3. The summed E-state index contributed by atoms with van der Waals surface area (Å²) in [4.78, 5) is 29.1. The average molecular weight is 711 g/mol. The van der Waals surface area contributed by atoms with Gasteiger partial charge in [-0.25, -0.2) is 8.42 Å². The fourth-order valence-corrected chi connectivity index (χ4v) is 6.62. The zero-order chi connectivity index (χ0) is 34.7. The summed E-state index contributed by atoms with van der Waals surface area (Å²) in [6.45, 7) is 3.48. The van der Waals surface area contributed by atoms with Crippen molar-refractivity contribution in [3.8, 4) is 23.0 Å². The third kappa shape index (κ3) is 9.15. The minimum Gasteiger partial charge on any atom is -0.497 e. The molecule has 0 aliphatic carbocycles. The number of nitrogens with zero attached hydrogens (tertiary/aromatic N) is 2. The van der Waals surface area contributed by atoms with Gasteiger partial charge in [-0.05, 0) is 54.8 Å². The fraction of sp³-hybridized carbons (Fsp3) is 0.394. The lowest BCUT2D eigenvalue weighted by Gasteiger charge is -2.33. The molecule has 0 aliphatic rings. The van der Waals surface area contributed by atoms with E-state index in [1.54, 1.807) is 37.3 Å². The highest BCUT2D eigenvalue weighted by atomic mass is 35.5. The molecule has 256 valence electrons. The van der Waals surface area contributed by atoms with Crippen molar-refractivity contribution in [2.75, 3.05) is 45.8 Å². The monoisotopic (exact) mass is 709 g/mol. The van der Waals surface area contributed by atoms with Gasteiger partial charge in [0.2, 0.25) is 11.8 Å². The van der Waals surface area contributed by atoms with Gasteiger partial charge in [0.05, 0.1) is 49.1 Å². The lowest BCUT2D eigenvalue weighted by Crippen LogP contribution is -2.52. The molecule has 0 unspecified atom stereocenters. The van der Waals surface area contributed by atoms with Crippen molar-refractivity contribution in [2.45, 2.75) is 50.6 Å². The first kappa shape index (κ1) is 37.6. The molecule has 0 heterocycles. The number of rotatable bonds is 17. The van der Waals surface area contributed by atoms with E-state index in [1.165, 1.54) is 57.6 Å². The van der Waals surface area contributed by atoms with Gasteiger partial charge in [0.25, 0.3) is 10.0 Å². The van der Waals surface area contributed by atoms with E-state index in [1.807, 2.05) is 6.92 Å². The van der Waals surface area contributed by atoms with Gasteiger partial charge in [-0.3, -0.25) is 13.9 Å². The van der Waals surface area contributed by atoms with Crippen molar-refractivity contribution in [3.63, 3.8) is 0 Å². The zero-order valence-corrected chi connectivity index (χ0v) is 29.7. The molecule has 0 radical (unpaired) electrons. The maximum absolute atomic E-state index is 14.5. The molecule has 3 rings (SSSR count). The summed E-state index contributed by atoms with van der Waals surface area (Å²) >= 11 is 12.4. The number of anilines is 1. The van der Waals surface area contributed by atoms with E-state index in [-0.39, 0.29) is 46.0 Å². The number of sulfonamides is 1. The minimum absolute atomic E-state index is 0.0462. The summed E-state index contributed by atoms with van der Waals surface area (Å²) in [7, 11) is 1.17. The number of hydrogen-bond acceptors (Lipinski definition) is 8. The lowest BCUT2D eigenvalue weighted by atomic mass is 10.1. The van der Waals surface area contributed by atoms with Crippen LogP contribution >= 0.6 is 23.2 Å². The summed E-state index contributed by atoms with van der Waals surface area (Å²) in [5.41, 5.74) is 0.644. The molecule has 0 bridgehead atoms. The van der Waals surface area contributed by atoms with Crippen molar-refractivity contribution in [1.82, 2.24) is 10.2 Å². The van der Waals surface area contributed by atoms with E-state index < -0.39 is 28.5 Å². The van der Waals surface area contributed by atoms with Crippen LogP contribution in [0.2, 0.25) is 10.0 Å². The Labute approximate surface area is 286 Å². The van der Waals surface area contributed by atoms with Crippen molar-refractivity contribution in [1.29, 1.82) is 0 Å². The number of nitrogens with one attached hydrogen (secondary N) is 1. The highest BCUT2D eigenvalue weighted by Crippen LogP contribution is 2.38. The number of methoxy groups -OCH3 is 4. The first-order chi connectivity index (χ1) is 22.4. The van der Waals surface area contributed by atoms with Crippen molar-refractivity contribution >= 4 is 50.7 Å². The number of carbonyl (C=O) groups is 2. The molecule has 1 N–H and O–H groups in total. The summed E-state index contributed by atoms with van der Waals surface area (Å²) < 4.78 is 51.5.